The number of rotatable bonds is 12. The molecule has 1 atom stereocenters. The van der Waals surface area contributed by atoms with Gasteiger partial charge in [-0.2, -0.15) is 0 Å². The van der Waals surface area contributed by atoms with Gasteiger partial charge in [0.15, 0.2) is 0 Å². The first kappa shape index (κ1) is 31.1. The van der Waals surface area contributed by atoms with Crippen LogP contribution in [0.1, 0.15) is 63.6 Å². The Labute approximate surface area is 228 Å². The molecular formula is C29H43N3O5S. The van der Waals surface area contributed by atoms with Gasteiger partial charge in [0.25, 0.3) is 0 Å². The van der Waals surface area contributed by atoms with E-state index in [4.69, 9.17) is 4.74 Å². The molecule has 0 heterocycles. The molecule has 0 spiro atoms. The Hall–Kier alpha value is -3.07. The summed E-state index contributed by atoms with van der Waals surface area (Å²) in [5.41, 5.74) is 2.81. The van der Waals surface area contributed by atoms with E-state index < -0.39 is 21.6 Å². The van der Waals surface area contributed by atoms with Crippen molar-refractivity contribution in [2.24, 2.45) is 0 Å². The first-order valence-corrected chi connectivity index (χ1v) is 14.8. The molecule has 2 amide bonds. The summed E-state index contributed by atoms with van der Waals surface area (Å²) in [6, 6.07) is 12.4. The lowest BCUT2D eigenvalue weighted by atomic mass is 10.0. The molecule has 2 aromatic rings. The number of benzene rings is 2. The molecule has 0 saturated carbocycles. The van der Waals surface area contributed by atoms with Crippen LogP contribution in [0.5, 0.6) is 5.75 Å². The van der Waals surface area contributed by atoms with Crippen LogP contribution < -0.4 is 14.4 Å². The highest BCUT2D eigenvalue weighted by atomic mass is 32.2. The van der Waals surface area contributed by atoms with Crippen molar-refractivity contribution in [2.75, 3.05) is 24.2 Å². The van der Waals surface area contributed by atoms with Gasteiger partial charge in [-0.05, 0) is 82.3 Å². The van der Waals surface area contributed by atoms with Crippen LogP contribution in [-0.4, -0.2) is 56.6 Å². The van der Waals surface area contributed by atoms with E-state index in [-0.39, 0.29) is 31.3 Å². The van der Waals surface area contributed by atoms with Gasteiger partial charge in [0.05, 0.1) is 19.1 Å². The van der Waals surface area contributed by atoms with Crippen LogP contribution in [0.2, 0.25) is 0 Å². The van der Waals surface area contributed by atoms with Crippen molar-refractivity contribution in [1.82, 2.24) is 10.2 Å². The van der Waals surface area contributed by atoms with E-state index in [1.165, 1.54) is 10.6 Å². The second kappa shape index (κ2) is 13.1. The Morgan fingerprint density at radius 3 is 2.34 bits per heavy atom. The number of hydrogen-bond acceptors (Lipinski definition) is 5. The highest BCUT2D eigenvalue weighted by Crippen LogP contribution is 2.25. The van der Waals surface area contributed by atoms with Crippen LogP contribution in [-0.2, 0) is 26.2 Å². The molecule has 0 aliphatic carbocycles. The van der Waals surface area contributed by atoms with Gasteiger partial charge in [-0.25, -0.2) is 8.42 Å². The lowest BCUT2D eigenvalue weighted by Crippen LogP contribution is -2.53. The Kier molecular flexibility index (Phi) is 10.8. The molecule has 0 unspecified atom stereocenters. The molecule has 2 rings (SSSR count). The zero-order valence-corrected chi connectivity index (χ0v) is 24.8. The minimum atomic E-state index is -3.56. The van der Waals surface area contributed by atoms with Gasteiger partial charge in [0.2, 0.25) is 21.8 Å². The first-order chi connectivity index (χ1) is 17.7. The predicted molar refractivity (Wildman–Crippen MR) is 153 cm³/mol. The molecule has 0 aliphatic rings. The Morgan fingerprint density at radius 1 is 1.08 bits per heavy atom. The van der Waals surface area contributed by atoms with Crippen LogP contribution in [0.4, 0.5) is 5.69 Å². The van der Waals surface area contributed by atoms with E-state index in [1.807, 2.05) is 84.0 Å². The SMILES string of the molecule is CC[C@@H](C(=O)NC(C)(C)C)N(Cc1cccc(OC)c1)C(=O)CCCN(c1cc(C)ccc1C)S(C)(=O)=O. The average Bonchev–Trinajstić information content (AvgIpc) is 2.81. The lowest BCUT2D eigenvalue weighted by Gasteiger charge is -2.33. The number of anilines is 1. The van der Waals surface area contributed by atoms with E-state index in [0.717, 1.165) is 16.7 Å². The van der Waals surface area contributed by atoms with Crippen molar-refractivity contribution in [3.63, 3.8) is 0 Å². The molecule has 1 N–H and O–H groups in total. The van der Waals surface area contributed by atoms with Gasteiger partial charge in [-0.15, -0.1) is 0 Å². The maximum Gasteiger partial charge on any atom is 0.243 e. The third-order valence-electron chi connectivity index (χ3n) is 6.16. The maximum atomic E-state index is 13.6. The van der Waals surface area contributed by atoms with Crippen LogP contribution >= 0.6 is 0 Å². The summed E-state index contributed by atoms with van der Waals surface area (Å²) in [7, 11) is -1.98. The number of sulfonamides is 1. The molecule has 38 heavy (non-hydrogen) atoms. The lowest BCUT2D eigenvalue weighted by molar-refractivity contribution is -0.142. The molecule has 8 nitrogen and oxygen atoms in total. The number of carbonyl (C=O) groups is 2. The summed E-state index contributed by atoms with van der Waals surface area (Å²) in [6.07, 6.45) is 2.02. The smallest absolute Gasteiger partial charge is 0.243 e. The first-order valence-electron chi connectivity index (χ1n) is 13.0. The van der Waals surface area contributed by atoms with Gasteiger partial charge in [-0.1, -0.05) is 31.2 Å². The molecular weight excluding hydrogens is 502 g/mol. The second-order valence-electron chi connectivity index (χ2n) is 10.8. The number of ether oxygens (including phenoxy) is 1. The van der Waals surface area contributed by atoms with Gasteiger partial charge in [-0.3, -0.25) is 13.9 Å². The van der Waals surface area contributed by atoms with Crippen LogP contribution in [0.25, 0.3) is 0 Å². The summed E-state index contributed by atoms with van der Waals surface area (Å²) in [6.45, 7) is 11.8. The number of methoxy groups -OCH3 is 1. The van der Waals surface area contributed by atoms with E-state index >= 15 is 0 Å². The quantitative estimate of drug-likeness (QED) is 0.421. The number of carbonyl (C=O) groups excluding carboxylic acids is 2. The second-order valence-corrected chi connectivity index (χ2v) is 12.7. The standard InChI is InChI=1S/C29H43N3O5S/c1-9-25(28(34)30-29(4,5)6)31(20-23-12-10-13-24(19-23)37-7)27(33)14-11-17-32(38(8,35)36)26-18-21(2)15-16-22(26)3/h10,12-13,15-16,18-19,25H,9,11,14,17,20H2,1-8H3,(H,30,34)/t25-/m0/s1. The summed E-state index contributed by atoms with van der Waals surface area (Å²) in [5, 5.41) is 3.00. The zero-order chi connectivity index (χ0) is 28.7. The maximum absolute atomic E-state index is 13.6. The highest BCUT2D eigenvalue weighted by molar-refractivity contribution is 7.92. The predicted octanol–water partition coefficient (Wildman–Crippen LogP) is 4.58. The third kappa shape index (κ3) is 9.04. The minimum Gasteiger partial charge on any atom is -0.497 e. The molecule has 2 aromatic carbocycles. The molecule has 0 radical (unpaired) electrons. The van der Waals surface area contributed by atoms with E-state index in [9.17, 15) is 18.0 Å². The van der Waals surface area contributed by atoms with Crippen LogP contribution in [0.3, 0.4) is 0 Å². The topological polar surface area (TPSA) is 96.0 Å². The van der Waals surface area contributed by atoms with Crippen molar-refractivity contribution in [1.29, 1.82) is 0 Å². The average molecular weight is 546 g/mol. The molecule has 0 bridgehead atoms. The molecule has 0 aromatic heterocycles. The fourth-order valence-electron chi connectivity index (χ4n) is 4.31. The molecule has 0 saturated heterocycles. The van der Waals surface area contributed by atoms with Gasteiger partial charge in [0, 0.05) is 25.0 Å². The Balaban J connectivity index is 2.29. The minimum absolute atomic E-state index is 0.0974. The fourth-order valence-corrected chi connectivity index (χ4v) is 5.33. The van der Waals surface area contributed by atoms with Gasteiger partial charge >= 0.3 is 0 Å². The van der Waals surface area contributed by atoms with Crippen LogP contribution in [0, 0.1) is 13.8 Å². The third-order valence-corrected chi connectivity index (χ3v) is 7.34. The normalized spacial score (nSPS) is 12.5. The van der Waals surface area contributed by atoms with Gasteiger partial charge in [0.1, 0.15) is 11.8 Å². The van der Waals surface area contributed by atoms with E-state index in [2.05, 4.69) is 5.32 Å². The summed E-state index contributed by atoms with van der Waals surface area (Å²) in [5.74, 6) is 0.238. The Morgan fingerprint density at radius 2 is 1.76 bits per heavy atom. The molecule has 9 heteroatoms. The highest BCUT2D eigenvalue weighted by Gasteiger charge is 2.31. The van der Waals surface area contributed by atoms with Crippen molar-refractivity contribution in [3.05, 3.63) is 59.2 Å². The van der Waals surface area contributed by atoms with E-state index in [0.29, 0.717) is 24.3 Å². The van der Waals surface area contributed by atoms with Crippen LogP contribution in [0.15, 0.2) is 42.5 Å². The monoisotopic (exact) mass is 545 g/mol. The summed E-state index contributed by atoms with van der Waals surface area (Å²) >= 11 is 0. The number of hydrogen-bond donors (Lipinski definition) is 1. The molecule has 0 aliphatic heterocycles. The van der Waals surface area contributed by atoms with Crippen molar-refractivity contribution in [2.45, 2.75) is 78.9 Å². The largest absolute Gasteiger partial charge is 0.497 e. The van der Waals surface area contributed by atoms with E-state index in [1.54, 1.807) is 12.0 Å². The number of nitrogens with one attached hydrogen (secondary N) is 1. The van der Waals surface area contributed by atoms with Crippen molar-refractivity contribution >= 4 is 27.5 Å². The van der Waals surface area contributed by atoms with Crippen molar-refractivity contribution < 1.29 is 22.7 Å². The Bertz CT molecular complexity index is 1220. The summed E-state index contributed by atoms with van der Waals surface area (Å²) < 4.78 is 32.0. The van der Waals surface area contributed by atoms with Gasteiger partial charge < -0.3 is 15.0 Å². The number of nitrogens with zero attached hydrogens (tertiary/aromatic N) is 2. The number of aryl methyl sites for hydroxylation is 2. The molecule has 0 fully saturated rings. The van der Waals surface area contributed by atoms with Crippen molar-refractivity contribution in [3.8, 4) is 5.75 Å². The molecule has 210 valence electrons. The summed E-state index contributed by atoms with van der Waals surface area (Å²) in [4.78, 5) is 28.4. The zero-order valence-electron chi connectivity index (χ0n) is 24.0. The number of amides is 2. The fraction of sp³-hybridized carbons (Fsp3) is 0.517.